The van der Waals surface area contributed by atoms with Crippen molar-refractivity contribution in [2.24, 2.45) is 0 Å². The molecule has 0 aliphatic carbocycles. The maximum Gasteiger partial charge on any atom is 0.333 e. The van der Waals surface area contributed by atoms with Gasteiger partial charge in [-0.3, -0.25) is 4.79 Å². The monoisotopic (exact) mass is 626 g/mol. The topological polar surface area (TPSA) is 94.6 Å². The molecule has 1 spiro atoms. The Morgan fingerprint density at radius 3 is 2.04 bits per heavy atom. The van der Waals surface area contributed by atoms with Crippen LogP contribution in [0, 0.1) is 0 Å². The normalized spacial score (nSPS) is 14.7. The van der Waals surface area contributed by atoms with Crippen molar-refractivity contribution < 1.29 is 24.2 Å². The van der Waals surface area contributed by atoms with E-state index < -0.39 is 17.6 Å². The number of aliphatic hydroxyl groups is 1. The van der Waals surface area contributed by atoms with Crippen LogP contribution in [-0.2, 0) is 15.1 Å². The Bertz CT molecular complexity index is 1530. The Morgan fingerprint density at radius 2 is 1.50 bits per heavy atom. The number of esters is 1. The van der Waals surface area contributed by atoms with Crippen molar-refractivity contribution in [1.82, 2.24) is 10.2 Å². The zero-order valence-corrected chi connectivity index (χ0v) is 27.6. The molecule has 9 heteroatoms. The number of anilines is 2. The van der Waals surface area contributed by atoms with Gasteiger partial charge in [-0.1, -0.05) is 36.9 Å². The second-order valence-corrected chi connectivity index (χ2v) is 11.8. The van der Waals surface area contributed by atoms with Gasteiger partial charge >= 0.3 is 5.97 Å². The molecule has 1 unspecified atom stereocenters. The number of carbonyl (C=O) groups excluding carboxylic acids is 2. The molecule has 0 aromatic heterocycles. The summed E-state index contributed by atoms with van der Waals surface area (Å²) in [6.45, 7) is 18.0. The molecule has 0 bridgehead atoms. The molecule has 0 fully saturated rings. The highest BCUT2D eigenvalue weighted by molar-refractivity contribution is 6.02. The average molecular weight is 627 g/mol. The second kappa shape index (κ2) is 14.0. The molecule has 2 aliphatic heterocycles. The lowest BCUT2D eigenvalue weighted by atomic mass is 9.74. The summed E-state index contributed by atoms with van der Waals surface area (Å²) >= 11 is 0. The highest BCUT2D eigenvalue weighted by atomic mass is 16.5. The third-order valence-corrected chi connectivity index (χ3v) is 9.03. The van der Waals surface area contributed by atoms with Crippen LogP contribution in [0.1, 0.15) is 61.7 Å². The van der Waals surface area contributed by atoms with E-state index in [0.29, 0.717) is 18.7 Å². The largest absolute Gasteiger partial charge is 0.460 e. The maximum atomic E-state index is 14.3. The summed E-state index contributed by atoms with van der Waals surface area (Å²) < 4.78 is 11.8. The second-order valence-electron chi connectivity index (χ2n) is 11.8. The molecule has 1 amide bonds. The molecular formula is C37H46N4O5. The maximum absolute atomic E-state index is 14.3. The van der Waals surface area contributed by atoms with E-state index in [1.54, 1.807) is 6.92 Å². The fourth-order valence-corrected chi connectivity index (χ4v) is 6.72. The number of hydrogen-bond donors (Lipinski definition) is 2. The van der Waals surface area contributed by atoms with Crippen LogP contribution in [-0.4, -0.2) is 80.4 Å². The Morgan fingerprint density at radius 1 is 0.935 bits per heavy atom. The minimum Gasteiger partial charge on any atom is -0.460 e. The van der Waals surface area contributed by atoms with Gasteiger partial charge in [-0.2, -0.15) is 0 Å². The summed E-state index contributed by atoms with van der Waals surface area (Å²) in [5.74, 6) is 0.857. The Labute approximate surface area is 272 Å². The zero-order valence-electron chi connectivity index (χ0n) is 27.6. The molecule has 3 aromatic carbocycles. The van der Waals surface area contributed by atoms with Gasteiger partial charge in [-0.15, -0.1) is 0 Å². The van der Waals surface area contributed by atoms with Gasteiger partial charge in [-0.05, 0) is 58.4 Å². The van der Waals surface area contributed by atoms with Crippen molar-refractivity contribution in [3.8, 4) is 11.5 Å². The van der Waals surface area contributed by atoms with E-state index in [2.05, 4.69) is 91.9 Å². The Kier molecular flexibility index (Phi) is 10.0. The van der Waals surface area contributed by atoms with E-state index in [1.165, 1.54) is 0 Å². The van der Waals surface area contributed by atoms with Crippen molar-refractivity contribution in [2.45, 2.75) is 46.3 Å². The molecule has 1 atom stereocenters. The lowest BCUT2D eigenvalue weighted by Gasteiger charge is -2.45. The van der Waals surface area contributed by atoms with Crippen molar-refractivity contribution in [3.63, 3.8) is 0 Å². The quantitative estimate of drug-likeness (QED) is 0.141. The number of nitrogens with zero attached hydrogens (tertiary/aromatic N) is 3. The number of benzene rings is 3. The number of nitrogens with one attached hydrogen (secondary N) is 1. The molecule has 0 saturated carbocycles. The first kappa shape index (κ1) is 33.0. The van der Waals surface area contributed by atoms with Crippen molar-refractivity contribution in [2.75, 3.05) is 62.2 Å². The third-order valence-electron chi connectivity index (χ3n) is 9.03. The van der Waals surface area contributed by atoms with Crippen molar-refractivity contribution >= 4 is 23.3 Å². The first-order valence-electron chi connectivity index (χ1n) is 16.3. The van der Waals surface area contributed by atoms with Gasteiger partial charge in [0.15, 0.2) is 0 Å². The van der Waals surface area contributed by atoms with Crippen LogP contribution in [0.2, 0.25) is 0 Å². The molecular weight excluding hydrogens is 580 g/mol. The van der Waals surface area contributed by atoms with Gasteiger partial charge in [0.25, 0.3) is 5.91 Å². The molecule has 2 N–H and O–H groups in total. The molecule has 3 aromatic rings. The Hall–Kier alpha value is -4.34. The van der Waals surface area contributed by atoms with E-state index in [1.807, 2.05) is 23.1 Å². The number of amides is 1. The third kappa shape index (κ3) is 5.85. The van der Waals surface area contributed by atoms with Crippen LogP contribution < -0.4 is 19.9 Å². The minimum atomic E-state index is -0.919. The van der Waals surface area contributed by atoms with Crippen molar-refractivity contribution in [1.29, 1.82) is 0 Å². The van der Waals surface area contributed by atoms with Gasteiger partial charge in [-0.25, -0.2) is 4.79 Å². The summed E-state index contributed by atoms with van der Waals surface area (Å²) in [6.07, 6.45) is -0.898. The van der Waals surface area contributed by atoms with E-state index >= 15 is 0 Å². The highest BCUT2D eigenvalue weighted by Crippen LogP contribution is 2.58. The number of fused-ring (bicyclic) bond motifs is 6. The molecule has 0 radical (unpaired) electrons. The SMILES string of the molecule is C=C(C)C(=O)OCC(O)CNCCN1C(=O)c2ccccc2C12c1ccc(N(CC)CC)cc1Oc1cc(N(CC)CC)ccc12. The summed E-state index contributed by atoms with van der Waals surface area (Å²) in [5, 5.41) is 13.7. The molecule has 5 rings (SSSR count). The minimum absolute atomic E-state index is 0.0622. The number of hydrogen-bond acceptors (Lipinski definition) is 8. The highest BCUT2D eigenvalue weighted by Gasteiger charge is 2.56. The lowest BCUT2D eigenvalue weighted by molar-refractivity contribution is -0.141. The van der Waals surface area contributed by atoms with Crippen LogP contribution in [0.5, 0.6) is 11.5 Å². The van der Waals surface area contributed by atoms with E-state index in [0.717, 1.165) is 65.7 Å². The average Bonchev–Trinajstić information content (AvgIpc) is 3.30. The zero-order chi connectivity index (χ0) is 33.0. The van der Waals surface area contributed by atoms with Gasteiger partial charge in [0, 0.05) is 91.6 Å². The van der Waals surface area contributed by atoms with Crippen LogP contribution in [0.4, 0.5) is 11.4 Å². The fourth-order valence-electron chi connectivity index (χ4n) is 6.72. The standard InChI is InChI=1S/C37H46N4O5/c1-7-39(8-2)26-15-17-31-33(21-26)46-34-22-27(40(9-3)10-4)16-18-32(34)37(31)30-14-12-11-13-29(30)35(43)41(37)20-19-38-23-28(42)24-45-36(44)25(5)6/h11-18,21-22,28,38,42H,5,7-10,19-20,23-24H2,1-4,6H3. The first-order valence-corrected chi connectivity index (χ1v) is 16.3. The van der Waals surface area contributed by atoms with Gasteiger partial charge in [0.2, 0.25) is 0 Å². The van der Waals surface area contributed by atoms with Crippen LogP contribution >= 0.6 is 0 Å². The summed E-state index contributed by atoms with van der Waals surface area (Å²) in [6, 6.07) is 20.5. The molecule has 46 heavy (non-hydrogen) atoms. The summed E-state index contributed by atoms with van der Waals surface area (Å²) in [7, 11) is 0. The summed E-state index contributed by atoms with van der Waals surface area (Å²) in [5.41, 5.74) is 4.90. The number of ether oxygens (including phenoxy) is 2. The smallest absolute Gasteiger partial charge is 0.333 e. The van der Waals surface area contributed by atoms with Gasteiger partial charge in [0.1, 0.15) is 29.7 Å². The lowest BCUT2D eigenvalue weighted by Crippen LogP contribution is -2.50. The molecule has 244 valence electrons. The first-order chi connectivity index (χ1) is 22.2. The predicted octanol–water partition coefficient (Wildman–Crippen LogP) is 5.30. The van der Waals surface area contributed by atoms with E-state index in [9.17, 15) is 14.7 Å². The molecule has 2 heterocycles. The summed E-state index contributed by atoms with van der Waals surface area (Å²) in [4.78, 5) is 32.6. The van der Waals surface area contributed by atoms with Gasteiger partial charge < -0.3 is 34.6 Å². The number of rotatable bonds is 14. The predicted molar refractivity (Wildman–Crippen MR) is 182 cm³/mol. The van der Waals surface area contributed by atoms with Gasteiger partial charge in [0.05, 0.1) is 0 Å². The molecule has 0 saturated heterocycles. The van der Waals surface area contributed by atoms with Crippen molar-refractivity contribution in [3.05, 3.63) is 95.1 Å². The van der Waals surface area contributed by atoms with Crippen LogP contribution in [0.15, 0.2) is 72.8 Å². The Balaban J connectivity index is 1.57. The number of carbonyl (C=O) groups is 2. The molecule has 2 aliphatic rings. The number of aliphatic hydroxyl groups excluding tert-OH is 1. The van der Waals surface area contributed by atoms with E-state index in [-0.39, 0.29) is 24.6 Å². The molecule has 9 nitrogen and oxygen atoms in total. The van der Waals surface area contributed by atoms with E-state index in [4.69, 9.17) is 9.47 Å². The fraction of sp³-hybridized carbons (Fsp3) is 0.405. The van der Waals surface area contributed by atoms with Crippen LogP contribution in [0.3, 0.4) is 0 Å². The van der Waals surface area contributed by atoms with Crippen LogP contribution in [0.25, 0.3) is 0 Å².